The number of hydrogen-bond acceptors (Lipinski definition) is 3. The Kier molecular flexibility index (Phi) is 3.55. The zero-order valence-electron chi connectivity index (χ0n) is 12.2. The molecule has 5 heteroatoms. The second-order valence-electron chi connectivity index (χ2n) is 4.94. The lowest BCUT2D eigenvalue weighted by Crippen LogP contribution is -2.05. The zero-order valence-corrected chi connectivity index (χ0v) is 12.9. The average molecular weight is 302 g/mol. The molecule has 0 saturated heterocycles. The maximum atomic E-state index is 6.31. The van der Waals surface area contributed by atoms with E-state index in [2.05, 4.69) is 16.0 Å². The number of benzene rings is 1. The molecule has 3 rings (SSSR count). The van der Waals surface area contributed by atoms with Crippen LogP contribution in [0.1, 0.15) is 23.7 Å². The minimum Gasteiger partial charge on any atom is -0.495 e. The minimum atomic E-state index is -0.232. The van der Waals surface area contributed by atoms with E-state index in [0.29, 0.717) is 0 Å². The van der Waals surface area contributed by atoms with Crippen LogP contribution >= 0.6 is 11.6 Å². The summed E-state index contributed by atoms with van der Waals surface area (Å²) < 4.78 is 7.46. The standard InChI is InChI=1S/C16H16ClN3O/c1-10-6-7-14(21-3)13(9-10)20-15(11(2)17)19-12-5-4-8-18-16(12)20/h4-9,11H,1-3H3. The molecule has 0 aliphatic heterocycles. The topological polar surface area (TPSA) is 39.9 Å². The van der Waals surface area contributed by atoms with E-state index in [0.717, 1.165) is 34.0 Å². The van der Waals surface area contributed by atoms with E-state index in [4.69, 9.17) is 16.3 Å². The van der Waals surface area contributed by atoms with Crippen LogP contribution in [0.2, 0.25) is 0 Å². The molecule has 0 N–H and O–H groups in total. The molecule has 0 aliphatic rings. The summed E-state index contributed by atoms with van der Waals surface area (Å²) in [5.41, 5.74) is 3.64. The number of hydrogen-bond donors (Lipinski definition) is 0. The molecular formula is C16H16ClN3O. The first-order valence-electron chi connectivity index (χ1n) is 6.74. The Morgan fingerprint density at radius 2 is 2.10 bits per heavy atom. The number of methoxy groups -OCH3 is 1. The van der Waals surface area contributed by atoms with Gasteiger partial charge in [-0.1, -0.05) is 6.07 Å². The quantitative estimate of drug-likeness (QED) is 0.686. The van der Waals surface area contributed by atoms with Gasteiger partial charge in [-0.05, 0) is 43.7 Å². The second kappa shape index (κ2) is 5.37. The van der Waals surface area contributed by atoms with E-state index in [1.165, 1.54) is 0 Å². The Morgan fingerprint density at radius 1 is 1.29 bits per heavy atom. The van der Waals surface area contributed by atoms with Gasteiger partial charge in [0.2, 0.25) is 0 Å². The minimum absolute atomic E-state index is 0.232. The van der Waals surface area contributed by atoms with E-state index < -0.39 is 0 Å². The fourth-order valence-electron chi connectivity index (χ4n) is 2.41. The van der Waals surface area contributed by atoms with Crippen LogP contribution < -0.4 is 4.74 Å². The van der Waals surface area contributed by atoms with Crippen LogP contribution in [0.5, 0.6) is 5.75 Å². The van der Waals surface area contributed by atoms with Gasteiger partial charge in [-0.2, -0.15) is 0 Å². The summed E-state index contributed by atoms with van der Waals surface area (Å²) in [6, 6.07) is 9.82. The molecule has 108 valence electrons. The lowest BCUT2D eigenvalue weighted by molar-refractivity contribution is 0.412. The number of aryl methyl sites for hydroxylation is 1. The van der Waals surface area contributed by atoms with Crippen LogP contribution in [0.3, 0.4) is 0 Å². The molecular weight excluding hydrogens is 286 g/mol. The molecule has 1 atom stereocenters. The Hall–Kier alpha value is -2.07. The van der Waals surface area contributed by atoms with Crippen LogP contribution in [-0.4, -0.2) is 21.6 Å². The number of nitrogens with zero attached hydrogens (tertiary/aromatic N) is 3. The highest BCUT2D eigenvalue weighted by atomic mass is 35.5. The van der Waals surface area contributed by atoms with Gasteiger partial charge >= 0.3 is 0 Å². The van der Waals surface area contributed by atoms with Gasteiger partial charge in [0, 0.05) is 6.20 Å². The Bertz CT molecular complexity index is 795. The molecule has 3 aromatic rings. The van der Waals surface area contributed by atoms with Gasteiger partial charge in [0.15, 0.2) is 5.65 Å². The predicted octanol–water partition coefficient (Wildman–Crippen LogP) is 4.04. The van der Waals surface area contributed by atoms with Crippen molar-refractivity contribution in [2.45, 2.75) is 19.2 Å². The number of fused-ring (bicyclic) bond motifs is 1. The molecule has 1 unspecified atom stereocenters. The van der Waals surface area contributed by atoms with Gasteiger partial charge in [-0.15, -0.1) is 11.6 Å². The fraction of sp³-hybridized carbons (Fsp3) is 0.250. The zero-order chi connectivity index (χ0) is 15.0. The molecule has 0 radical (unpaired) electrons. The summed E-state index contributed by atoms with van der Waals surface area (Å²) >= 11 is 6.31. The monoisotopic (exact) mass is 301 g/mol. The first kappa shape index (κ1) is 13.9. The van der Waals surface area contributed by atoms with E-state index in [1.807, 2.05) is 42.7 Å². The van der Waals surface area contributed by atoms with E-state index in [1.54, 1.807) is 13.3 Å². The summed E-state index contributed by atoms with van der Waals surface area (Å²) in [7, 11) is 1.66. The highest BCUT2D eigenvalue weighted by molar-refractivity contribution is 6.20. The van der Waals surface area contributed by atoms with Crippen molar-refractivity contribution < 1.29 is 4.74 Å². The summed E-state index contributed by atoms with van der Waals surface area (Å²) in [6.07, 6.45) is 1.76. The van der Waals surface area contributed by atoms with Crippen molar-refractivity contribution in [2.75, 3.05) is 7.11 Å². The van der Waals surface area contributed by atoms with Gasteiger partial charge in [0.1, 0.15) is 17.1 Å². The highest BCUT2D eigenvalue weighted by Crippen LogP contribution is 2.32. The maximum Gasteiger partial charge on any atom is 0.164 e. The third-order valence-electron chi connectivity index (χ3n) is 3.37. The van der Waals surface area contributed by atoms with Crippen LogP contribution in [0, 0.1) is 6.92 Å². The summed E-state index contributed by atoms with van der Waals surface area (Å²) in [6.45, 7) is 3.95. The fourth-order valence-corrected chi connectivity index (χ4v) is 2.56. The third-order valence-corrected chi connectivity index (χ3v) is 3.57. The van der Waals surface area contributed by atoms with Crippen LogP contribution in [0.25, 0.3) is 16.9 Å². The molecule has 0 bridgehead atoms. The maximum absolute atomic E-state index is 6.31. The van der Waals surface area contributed by atoms with Crippen molar-refractivity contribution in [3.8, 4) is 11.4 Å². The van der Waals surface area contributed by atoms with Gasteiger partial charge in [0.25, 0.3) is 0 Å². The van der Waals surface area contributed by atoms with E-state index >= 15 is 0 Å². The lowest BCUT2D eigenvalue weighted by atomic mass is 10.2. The largest absolute Gasteiger partial charge is 0.495 e. The Labute approximate surface area is 128 Å². The van der Waals surface area contributed by atoms with Crippen molar-refractivity contribution in [2.24, 2.45) is 0 Å². The molecule has 2 aromatic heterocycles. The summed E-state index contributed by atoms with van der Waals surface area (Å²) in [4.78, 5) is 9.06. The lowest BCUT2D eigenvalue weighted by Gasteiger charge is -2.14. The highest BCUT2D eigenvalue weighted by Gasteiger charge is 2.19. The molecule has 0 saturated carbocycles. The van der Waals surface area contributed by atoms with Crippen LogP contribution in [-0.2, 0) is 0 Å². The van der Waals surface area contributed by atoms with Crippen molar-refractivity contribution in [3.05, 3.63) is 47.9 Å². The van der Waals surface area contributed by atoms with Crippen molar-refractivity contribution in [3.63, 3.8) is 0 Å². The average Bonchev–Trinajstić information content (AvgIpc) is 2.86. The van der Waals surface area contributed by atoms with E-state index in [-0.39, 0.29) is 5.38 Å². The molecule has 1 aromatic carbocycles. The molecule has 0 fully saturated rings. The van der Waals surface area contributed by atoms with E-state index in [9.17, 15) is 0 Å². The molecule has 0 amide bonds. The normalized spacial score (nSPS) is 12.6. The van der Waals surface area contributed by atoms with Crippen molar-refractivity contribution >= 4 is 22.8 Å². The molecule has 0 spiro atoms. The molecule has 0 aliphatic carbocycles. The first-order valence-corrected chi connectivity index (χ1v) is 7.18. The SMILES string of the molecule is COc1ccc(C)cc1-n1c(C(C)Cl)nc2cccnc21. The number of halogens is 1. The molecule has 2 heterocycles. The number of pyridine rings is 1. The predicted molar refractivity (Wildman–Crippen MR) is 84.4 cm³/mol. The number of ether oxygens (including phenoxy) is 1. The van der Waals surface area contributed by atoms with Crippen molar-refractivity contribution in [1.82, 2.24) is 14.5 Å². The number of imidazole rings is 1. The first-order chi connectivity index (χ1) is 10.1. The number of alkyl halides is 1. The molecule has 4 nitrogen and oxygen atoms in total. The Balaban J connectivity index is 2.38. The van der Waals surface area contributed by atoms with Gasteiger partial charge in [0.05, 0.1) is 18.2 Å². The molecule has 21 heavy (non-hydrogen) atoms. The summed E-state index contributed by atoms with van der Waals surface area (Å²) in [5.74, 6) is 1.53. The Morgan fingerprint density at radius 3 is 2.81 bits per heavy atom. The van der Waals surface area contributed by atoms with Gasteiger partial charge in [-0.25, -0.2) is 9.97 Å². The van der Waals surface area contributed by atoms with Crippen LogP contribution in [0.4, 0.5) is 0 Å². The van der Waals surface area contributed by atoms with Crippen molar-refractivity contribution in [1.29, 1.82) is 0 Å². The third kappa shape index (κ3) is 2.36. The smallest absolute Gasteiger partial charge is 0.164 e. The number of aromatic nitrogens is 3. The number of rotatable bonds is 3. The second-order valence-corrected chi connectivity index (χ2v) is 5.60. The van der Waals surface area contributed by atoms with Gasteiger partial charge in [-0.3, -0.25) is 4.57 Å². The van der Waals surface area contributed by atoms with Crippen LogP contribution in [0.15, 0.2) is 36.5 Å². The van der Waals surface area contributed by atoms with Gasteiger partial charge < -0.3 is 4.74 Å². The summed E-state index contributed by atoms with van der Waals surface area (Å²) in [5, 5.41) is -0.232.